The van der Waals surface area contributed by atoms with Gasteiger partial charge in [-0.2, -0.15) is 0 Å². The summed E-state index contributed by atoms with van der Waals surface area (Å²) in [6.45, 7) is 0.598. The molecule has 54 valence electrons. The highest BCUT2D eigenvalue weighted by atomic mass is 16.5. The Morgan fingerprint density at radius 2 is 2.60 bits per heavy atom. The van der Waals surface area contributed by atoms with Gasteiger partial charge in [0.05, 0.1) is 12.3 Å². The Labute approximate surface area is 60.9 Å². The first-order chi connectivity index (χ1) is 4.93. The van der Waals surface area contributed by atoms with Gasteiger partial charge >= 0.3 is 0 Å². The van der Waals surface area contributed by atoms with Crippen LogP contribution in [0.1, 0.15) is 6.42 Å². The molecule has 1 rings (SSSR count). The molecule has 0 bridgehead atoms. The molecule has 10 heavy (non-hydrogen) atoms. The van der Waals surface area contributed by atoms with Gasteiger partial charge in [-0.25, -0.2) is 0 Å². The van der Waals surface area contributed by atoms with E-state index >= 15 is 0 Å². The van der Waals surface area contributed by atoms with Crippen LogP contribution in [0, 0.1) is 0 Å². The Morgan fingerprint density at radius 3 is 3.40 bits per heavy atom. The molecular formula is C8H11NO. The second-order valence-electron chi connectivity index (χ2n) is 2.07. The number of nitrogens with zero attached hydrogens (tertiary/aromatic N) is 1. The first-order valence-electron chi connectivity index (χ1n) is 3.30. The summed E-state index contributed by atoms with van der Waals surface area (Å²) in [6, 6.07) is 0. The summed E-state index contributed by atoms with van der Waals surface area (Å²) in [5.74, 6) is 0. The zero-order chi connectivity index (χ0) is 7.23. The van der Waals surface area contributed by atoms with E-state index in [4.69, 9.17) is 4.74 Å². The van der Waals surface area contributed by atoms with Crippen molar-refractivity contribution >= 4 is 6.21 Å². The Kier molecular flexibility index (Phi) is 2.90. The van der Waals surface area contributed by atoms with E-state index in [-0.39, 0.29) is 0 Å². The largest absolute Gasteiger partial charge is 0.378 e. The summed E-state index contributed by atoms with van der Waals surface area (Å²) in [5.41, 5.74) is 0.983. The molecule has 0 aliphatic carbocycles. The van der Waals surface area contributed by atoms with Crippen LogP contribution in [0.25, 0.3) is 0 Å². The number of allylic oxidation sites excluding steroid dienone is 3. The van der Waals surface area contributed by atoms with Crippen molar-refractivity contribution in [3.05, 3.63) is 23.9 Å². The van der Waals surface area contributed by atoms with Crippen LogP contribution in [-0.4, -0.2) is 19.9 Å². The predicted octanol–water partition coefficient (Wildman–Crippen LogP) is 1.55. The molecule has 2 heteroatoms. The van der Waals surface area contributed by atoms with Crippen LogP contribution in [0.5, 0.6) is 0 Å². The minimum Gasteiger partial charge on any atom is -0.378 e. The van der Waals surface area contributed by atoms with Crippen LogP contribution in [0.2, 0.25) is 0 Å². The number of ether oxygens (including phenoxy) is 1. The molecule has 0 aromatic rings. The fourth-order valence-corrected chi connectivity index (χ4v) is 0.765. The van der Waals surface area contributed by atoms with Crippen LogP contribution in [-0.2, 0) is 4.74 Å². The molecular weight excluding hydrogens is 126 g/mol. The molecule has 0 saturated heterocycles. The van der Waals surface area contributed by atoms with Crippen LogP contribution in [0.15, 0.2) is 28.9 Å². The molecule has 0 aromatic heterocycles. The van der Waals surface area contributed by atoms with E-state index in [1.165, 1.54) is 0 Å². The standard InChI is InChI=1S/C8H11NO/c1-10-7-8-5-3-2-4-6-9-8/h2-3,5-6H,4,7H2,1H3. The predicted molar refractivity (Wildman–Crippen MR) is 42.2 cm³/mol. The number of rotatable bonds is 2. The Morgan fingerprint density at radius 1 is 1.70 bits per heavy atom. The van der Waals surface area contributed by atoms with Gasteiger partial charge in [0.25, 0.3) is 0 Å². The van der Waals surface area contributed by atoms with E-state index in [1.54, 1.807) is 7.11 Å². The molecule has 0 atom stereocenters. The van der Waals surface area contributed by atoms with E-state index in [2.05, 4.69) is 11.1 Å². The zero-order valence-electron chi connectivity index (χ0n) is 6.08. The van der Waals surface area contributed by atoms with E-state index in [9.17, 15) is 0 Å². The summed E-state index contributed by atoms with van der Waals surface area (Å²) in [4.78, 5) is 4.16. The van der Waals surface area contributed by atoms with Crippen LogP contribution in [0.3, 0.4) is 0 Å². The number of hydrogen-bond donors (Lipinski definition) is 0. The van der Waals surface area contributed by atoms with Crippen molar-refractivity contribution in [3.63, 3.8) is 0 Å². The Hall–Kier alpha value is -0.890. The molecule has 0 fully saturated rings. The second kappa shape index (κ2) is 4.01. The molecule has 0 N–H and O–H groups in total. The topological polar surface area (TPSA) is 21.6 Å². The van der Waals surface area contributed by atoms with E-state index in [0.29, 0.717) is 6.61 Å². The number of methoxy groups -OCH3 is 1. The quantitative estimate of drug-likeness (QED) is 0.565. The minimum atomic E-state index is 0.598. The van der Waals surface area contributed by atoms with Crippen LogP contribution < -0.4 is 0 Å². The molecule has 0 saturated carbocycles. The van der Waals surface area contributed by atoms with Crippen LogP contribution >= 0.6 is 0 Å². The molecule has 0 radical (unpaired) electrons. The van der Waals surface area contributed by atoms with Crippen molar-refractivity contribution in [2.24, 2.45) is 4.99 Å². The van der Waals surface area contributed by atoms with Crippen molar-refractivity contribution in [2.45, 2.75) is 6.42 Å². The first kappa shape index (κ1) is 7.22. The van der Waals surface area contributed by atoms with Crippen molar-refractivity contribution in [1.29, 1.82) is 0 Å². The van der Waals surface area contributed by atoms with Crippen molar-refractivity contribution in [3.8, 4) is 0 Å². The van der Waals surface area contributed by atoms with E-state index in [1.807, 2.05) is 18.4 Å². The van der Waals surface area contributed by atoms with Crippen molar-refractivity contribution < 1.29 is 4.74 Å². The fraction of sp³-hybridized carbons (Fsp3) is 0.375. The average Bonchev–Trinajstić information content (AvgIpc) is 2.17. The number of hydrogen-bond acceptors (Lipinski definition) is 2. The van der Waals surface area contributed by atoms with E-state index in [0.717, 1.165) is 12.1 Å². The molecule has 0 amide bonds. The SMILES string of the molecule is COCC1=CC=CCC=N1. The van der Waals surface area contributed by atoms with Crippen molar-refractivity contribution in [1.82, 2.24) is 0 Å². The van der Waals surface area contributed by atoms with Crippen LogP contribution in [0.4, 0.5) is 0 Å². The molecule has 1 aliphatic rings. The highest BCUT2D eigenvalue weighted by Crippen LogP contribution is 2.00. The van der Waals surface area contributed by atoms with E-state index < -0.39 is 0 Å². The third kappa shape index (κ3) is 2.15. The lowest BCUT2D eigenvalue weighted by Crippen LogP contribution is -1.90. The van der Waals surface area contributed by atoms with Gasteiger partial charge in [0, 0.05) is 19.7 Å². The monoisotopic (exact) mass is 137 g/mol. The normalized spacial score (nSPS) is 16.7. The first-order valence-corrected chi connectivity index (χ1v) is 3.30. The molecule has 2 nitrogen and oxygen atoms in total. The van der Waals surface area contributed by atoms with Gasteiger partial charge in [-0.15, -0.1) is 0 Å². The Bertz CT molecular complexity index is 180. The highest BCUT2D eigenvalue weighted by Gasteiger charge is 1.91. The van der Waals surface area contributed by atoms with Gasteiger partial charge in [0.1, 0.15) is 0 Å². The lowest BCUT2D eigenvalue weighted by Gasteiger charge is -1.95. The summed E-state index contributed by atoms with van der Waals surface area (Å²) < 4.78 is 4.92. The molecule has 1 aliphatic heterocycles. The molecule has 1 heterocycles. The van der Waals surface area contributed by atoms with Gasteiger partial charge in [-0.3, -0.25) is 4.99 Å². The average molecular weight is 137 g/mol. The fourth-order valence-electron chi connectivity index (χ4n) is 0.765. The summed E-state index contributed by atoms with van der Waals surface area (Å²) in [6.07, 6.45) is 8.83. The summed E-state index contributed by atoms with van der Waals surface area (Å²) >= 11 is 0. The third-order valence-corrected chi connectivity index (χ3v) is 1.22. The van der Waals surface area contributed by atoms with Gasteiger partial charge in [-0.05, 0) is 6.08 Å². The van der Waals surface area contributed by atoms with Gasteiger partial charge in [-0.1, -0.05) is 12.2 Å². The maximum atomic E-state index is 4.92. The molecule has 0 spiro atoms. The second-order valence-corrected chi connectivity index (χ2v) is 2.07. The molecule has 0 aromatic carbocycles. The number of aliphatic imine (C=N–C) groups is 1. The highest BCUT2D eigenvalue weighted by molar-refractivity contribution is 5.62. The third-order valence-electron chi connectivity index (χ3n) is 1.22. The molecule has 0 unspecified atom stereocenters. The maximum absolute atomic E-state index is 4.92. The van der Waals surface area contributed by atoms with Gasteiger partial charge in [0.15, 0.2) is 0 Å². The lowest BCUT2D eigenvalue weighted by molar-refractivity contribution is 0.225. The summed E-state index contributed by atoms with van der Waals surface area (Å²) in [7, 11) is 1.67. The minimum absolute atomic E-state index is 0.598. The maximum Gasteiger partial charge on any atom is 0.0883 e. The lowest BCUT2D eigenvalue weighted by atomic mass is 10.4. The smallest absolute Gasteiger partial charge is 0.0883 e. The summed E-state index contributed by atoms with van der Waals surface area (Å²) in [5, 5.41) is 0. The van der Waals surface area contributed by atoms with Gasteiger partial charge < -0.3 is 4.74 Å². The zero-order valence-corrected chi connectivity index (χ0v) is 6.08. The van der Waals surface area contributed by atoms with Crippen molar-refractivity contribution in [2.75, 3.05) is 13.7 Å². The Balaban J connectivity index is 2.55. The van der Waals surface area contributed by atoms with Gasteiger partial charge in [0.2, 0.25) is 0 Å².